The van der Waals surface area contributed by atoms with E-state index >= 15 is 0 Å². The number of carbonyl (C=O) groups is 1. The molecule has 0 atom stereocenters. The zero-order chi connectivity index (χ0) is 19.0. The molecule has 0 fully saturated rings. The fraction of sp³-hybridized carbons (Fsp3) is 0.421. The van der Waals surface area contributed by atoms with Gasteiger partial charge in [0.25, 0.3) is 5.56 Å². The lowest BCUT2D eigenvalue weighted by Gasteiger charge is -2.20. The summed E-state index contributed by atoms with van der Waals surface area (Å²) < 4.78 is 7.82. The molecule has 1 aromatic carbocycles. The van der Waals surface area contributed by atoms with E-state index < -0.39 is 11.7 Å². The average molecular weight is 377 g/mol. The first kappa shape index (κ1) is 18.5. The Hall–Kier alpha value is -2.34. The molecule has 1 aromatic heterocycles. The molecule has 0 radical (unpaired) electrons. The van der Waals surface area contributed by atoms with Gasteiger partial charge in [-0.25, -0.2) is 14.2 Å². The number of fused-ring (bicyclic) bond motifs is 1. The van der Waals surface area contributed by atoms with Gasteiger partial charge < -0.3 is 9.30 Å². The summed E-state index contributed by atoms with van der Waals surface area (Å²) in [5.74, 6) is -0.588. The summed E-state index contributed by atoms with van der Waals surface area (Å²) in [6.45, 7) is 3.47. The van der Waals surface area contributed by atoms with Crippen LogP contribution in [-0.2, 0) is 24.6 Å². The minimum Gasteiger partial charge on any atom is -0.459 e. The van der Waals surface area contributed by atoms with E-state index in [1.165, 1.54) is 16.7 Å². The highest BCUT2D eigenvalue weighted by atomic mass is 35.5. The number of hydrogen-bond acceptors (Lipinski definition) is 4. The number of benzene rings is 1. The van der Waals surface area contributed by atoms with Crippen molar-refractivity contribution < 1.29 is 9.53 Å². The number of carbonyl (C=O) groups excluding carboxylic acids is 1. The SMILES string of the molecule is CC(C)OC(=O)c1cc(-n2c(=O)c3c(n(C)c2=O)CCCC3)ccc1Cl. The van der Waals surface area contributed by atoms with E-state index in [2.05, 4.69) is 0 Å². The normalized spacial score (nSPS) is 13.6. The molecule has 0 bridgehead atoms. The molecule has 0 amide bonds. The summed E-state index contributed by atoms with van der Waals surface area (Å²) in [4.78, 5) is 38.0. The maximum Gasteiger partial charge on any atom is 0.339 e. The van der Waals surface area contributed by atoms with Crippen molar-refractivity contribution in [3.05, 3.63) is 60.9 Å². The van der Waals surface area contributed by atoms with Crippen LogP contribution >= 0.6 is 11.6 Å². The summed E-state index contributed by atoms with van der Waals surface area (Å²) in [5.41, 5.74) is 1.15. The molecule has 0 saturated carbocycles. The third-order valence-electron chi connectivity index (χ3n) is 4.55. The zero-order valence-corrected chi connectivity index (χ0v) is 15.8. The van der Waals surface area contributed by atoms with Crippen LogP contribution in [0.25, 0.3) is 5.69 Å². The molecule has 1 aliphatic rings. The third-order valence-corrected chi connectivity index (χ3v) is 4.88. The Morgan fingerprint density at radius 3 is 2.58 bits per heavy atom. The number of nitrogens with zero attached hydrogens (tertiary/aromatic N) is 2. The first-order chi connectivity index (χ1) is 12.3. The van der Waals surface area contributed by atoms with Crippen molar-refractivity contribution in [3.63, 3.8) is 0 Å². The third kappa shape index (κ3) is 3.21. The van der Waals surface area contributed by atoms with E-state index in [0.717, 1.165) is 29.5 Å². The highest BCUT2D eigenvalue weighted by Gasteiger charge is 2.22. The van der Waals surface area contributed by atoms with Gasteiger partial charge in [-0.3, -0.25) is 4.79 Å². The quantitative estimate of drug-likeness (QED) is 0.772. The summed E-state index contributed by atoms with van der Waals surface area (Å²) in [7, 11) is 1.67. The lowest BCUT2D eigenvalue weighted by molar-refractivity contribution is 0.0378. The molecular formula is C19H21ClN2O4. The Morgan fingerprint density at radius 2 is 1.88 bits per heavy atom. The number of halogens is 1. The minimum absolute atomic E-state index is 0.129. The van der Waals surface area contributed by atoms with Crippen LogP contribution in [-0.4, -0.2) is 21.2 Å². The molecule has 0 spiro atoms. The van der Waals surface area contributed by atoms with E-state index in [1.54, 1.807) is 27.0 Å². The summed E-state index contributed by atoms with van der Waals surface area (Å²) in [6.07, 6.45) is 2.96. The van der Waals surface area contributed by atoms with Gasteiger partial charge in [0.2, 0.25) is 0 Å². The first-order valence-corrected chi connectivity index (χ1v) is 9.03. The highest BCUT2D eigenvalue weighted by molar-refractivity contribution is 6.33. The minimum atomic E-state index is -0.588. The Bertz CT molecular complexity index is 988. The van der Waals surface area contributed by atoms with Crippen LogP contribution in [0.4, 0.5) is 0 Å². The number of hydrogen-bond donors (Lipinski definition) is 0. The smallest absolute Gasteiger partial charge is 0.339 e. The van der Waals surface area contributed by atoms with Crippen molar-refractivity contribution in [1.82, 2.24) is 9.13 Å². The van der Waals surface area contributed by atoms with Gasteiger partial charge in [-0.1, -0.05) is 11.6 Å². The highest BCUT2D eigenvalue weighted by Crippen LogP contribution is 2.21. The van der Waals surface area contributed by atoms with Crippen molar-refractivity contribution >= 4 is 17.6 Å². The van der Waals surface area contributed by atoms with Gasteiger partial charge in [0.1, 0.15) is 0 Å². The lowest BCUT2D eigenvalue weighted by Crippen LogP contribution is -2.42. The first-order valence-electron chi connectivity index (χ1n) is 8.66. The average Bonchev–Trinajstić information content (AvgIpc) is 2.60. The van der Waals surface area contributed by atoms with Gasteiger partial charge in [0.05, 0.1) is 22.4 Å². The van der Waals surface area contributed by atoms with Crippen molar-refractivity contribution in [1.29, 1.82) is 0 Å². The van der Waals surface area contributed by atoms with Crippen LogP contribution < -0.4 is 11.2 Å². The van der Waals surface area contributed by atoms with Crippen molar-refractivity contribution in [2.45, 2.75) is 45.6 Å². The molecule has 0 saturated heterocycles. The topological polar surface area (TPSA) is 70.3 Å². The van der Waals surface area contributed by atoms with E-state index in [0.29, 0.717) is 17.7 Å². The van der Waals surface area contributed by atoms with Crippen molar-refractivity contribution in [3.8, 4) is 5.69 Å². The summed E-state index contributed by atoms with van der Waals surface area (Å²) in [6, 6.07) is 4.50. The summed E-state index contributed by atoms with van der Waals surface area (Å²) in [5, 5.41) is 0.210. The van der Waals surface area contributed by atoms with Gasteiger partial charge in [-0.05, 0) is 57.7 Å². The van der Waals surface area contributed by atoms with Crippen LogP contribution in [0.1, 0.15) is 48.3 Å². The van der Waals surface area contributed by atoms with Gasteiger partial charge in [-0.2, -0.15) is 0 Å². The van der Waals surface area contributed by atoms with E-state index in [4.69, 9.17) is 16.3 Å². The predicted molar refractivity (Wildman–Crippen MR) is 99.5 cm³/mol. The van der Waals surface area contributed by atoms with Crippen molar-refractivity contribution in [2.24, 2.45) is 7.05 Å². The molecule has 6 nitrogen and oxygen atoms in total. The molecule has 2 aromatic rings. The Balaban J connectivity index is 2.19. The molecule has 0 aliphatic heterocycles. The van der Waals surface area contributed by atoms with E-state index in [1.807, 2.05) is 0 Å². The van der Waals surface area contributed by atoms with Crippen molar-refractivity contribution in [2.75, 3.05) is 0 Å². The van der Waals surface area contributed by atoms with Crippen LogP contribution in [0.2, 0.25) is 5.02 Å². The molecule has 0 N–H and O–H groups in total. The van der Waals surface area contributed by atoms with Gasteiger partial charge in [0, 0.05) is 18.3 Å². The van der Waals surface area contributed by atoms with Crippen LogP contribution in [0.15, 0.2) is 27.8 Å². The fourth-order valence-corrected chi connectivity index (χ4v) is 3.49. The Kier molecular flexibility index (Phi) is 5.05. The van der Waals surface area contributed by atoms with Crippen LogP contribution in [0, 0.1) is 0 Å². The summed E-state index contributed by atoms with van der Waals surface area (Å²) >= 11 is 6.12. The predicted octanol–water partition coefficient (Wildman–Crippen LogP) is 2.63. The molecule has 138 valence electrons. The molecule has 0 unspecified atom stereocenters. The van der Waals surface area contributed by atoms with Crippen LogP contribution in [0.3, 0.4) is 0 Å². The lowest BCUT2D eigenvalue weighted by atomic mass is 9.97. The molecule has 26 heavy (non-hydrogen) atoms. The van der Waals surface area contributed by atoms with Gasteiger partial charge >= 0.3 is 11.7 Å². The van der Waals surface area contributed by atoms with E-state index in [-0.39, 0.29) is 22.2 Å². The maximum atomic E-state index is 12.9. The largest absolute Gasteiger partial charge is 0.459 e. The second-order valence-corrected chi connectivity index (χ2v) is 7.14. The monoisotopic (exact) mass is 376 g/mol. The number of rotatable bonds is 3. The fourth-order valence-electron chi connectivity index (χ4n) is 3.29. The standard InChI is InChI=1S/C19H21ClN2O4/c1-11(2)26-18(24)14-10-12(8-9-15(14)20)22-17(23)13-6-4-5-7-16(13)21(3)19(22)25/h8-11H,4-7H2,1-3H3. The molecule has 3 rings (SSSR count). The number of aromatic nitrogens is 2. The van der Waals surface area contributed by atoms with Crippen LogP contribution in [0.5, 0.6) is 0 Å². The second kappa shape index (κ2) is 7.11. The maximum absolute atomic E-state index is 12.9. The Labute approximate surface area is 156 Å². The number of esters is 1. The zero-order valence-electron chi connectivity index (χ0n) is 15.0. The van der Waals surface area contributed by atoms with E-state index in [9.17, 15) is 14.4 Å². The molecule has 1 heterocycles. The van der Waals surface area contributed by atoms with Gasteiger partial charge in [0.15, 0.2) is 0 Å². The van der Waals surface area contributed by atoms with Gasteiger partial charge in [-0.15, -0.1) is 0 Å². The molecule has 1 aliphatic carbocycles. The second-order valence-electron chi connectivity index (χ2n) is 6.73. The number of ether oxygens (including phenoxy) is 1. The molecule has 7 heteroatoms. The molecular weight excluding hydrogens is 356 g/mol. The Morgan fingerprint density at radius 1 is 1.19 bits per heavy atom.